The van der Waals surface area contributed by atoms with Crippen LogP contribution in [0.25, 0.3) is 11.0 Å². The van der Waals surface area contributed by atoms with Crippen molar-refractivity contribution in [1.29, 1.82) is 0 Å². The van der Waals surface area contributed by atoms with Gasteiger partial charge in [0.15, 0.2) is 0 Å². The van der Waals surface area contributed by atoms with Crippen LogP contribution in [0.5, 0.6) is 0 Å². The number of hydrogen-bond acceptors (Lipinski definition) is 2. The third-order valence-electron chi connectivity index (χ3n) is 3.87. The number of rotatable bonds is 1. The Hall–Kier alpha value is -1.06. The number of aryl methyl sites for hydroxylation is 1. The molecule has 0 aliphatic carbocycles. The lowest BCUT2D eigenvalue weighted by atomic mass is 9.92. The highest BCUT2D eigenvalue weighted by molar-refractivity contribution is 6.31. The molecule has 18 heavy (non-hydrogen) atoms. The minimum absolute atomic E-state index is 0.553. The number of nitrogens with zero attached hydrogens (tertiary/aromatic N) is 2. The smallest absolute Gasteiger partial charge is 0.112 e. The molecule has 4 heteroatoms. The molecule has 3 rings (SSSR count). The van der Waals surface area contributed by atoms with Crippen molar-refractivity contribution < 1.29 is 0 Å². The number of halogens is 1. The van der Waals surface area contributed by atoms with Gasteiger partial charge < -0.3 is 9.88 Å². The Kier molecular flexibility index (Phi) is 3.04. The van der Waals surface area contributed by atoms with E-state index in [1.54, 1.807) is 0 Å². The number of fused-ring (bicyclic) bond motifs is 1. The van der Waals surface area contributed by atoms with Crippen LogP contribution < -0.4 is 5.32 Å². The first-order valence-corrected chi connectivity index (χ1v) is 6.88. The minimum Gasteiger partial charge on any atom is -0.331 e. The second-order valence-corrected chi connectivity index (χ2v) is 5.67. The molecule has 0 bridgehead atoms. The molecule has 1 saturated heterocycles. The lowest BCUT2D eigenvalue weighted by Gasteiger charge is -2.27. The van der Waals surface area contributed by atoms with Gasteiger partial charge in [0.2, 0.25) is 0 Å². The molecule has 1 aromatic carbocycles. The summed E-state index contributed by atoms with van der Waals surface area (Å²) in [6.45, 7) is 3.32. The summed E-state index contributed by atoms with van der Waals surface area (Å²) < 4.78 is 2.20. The average Bonchev–Trinajstić information content (AvgIpc) is 2.67. The SMILES string of the molecule is CC1CC(c2nc3ccc(Cl)cc3n2C)CCN1. The van der Waals surface area contributed by atoms with Crippen LogP contribution in [0, 0.1) is 0 Å². The van der Waals surface area contributed by atoms with Crippen LogP contribution in [0.2, 0.25) is 5.02 Å². The van der Waals surface area contributed by atoms with Crippen molar-refractivity contribution in [3.63, 3.8) is 0 Å². The van der Waals surface area contributed by atoms with E-state index in [0.29, 0.717) is 12.0 Å². The molecular formula is C14H18ClN3. The predicted molar refractivity (Wildman–Crippen MR) is 75.2 cm³/mol. The zero-order chi connectivity index (χ0) is 12.7. The molecule has 1 N–H and O–H groups in total. The van der Waals surface area contributed by atoms with Crippen LogP contribution in [0.4, 0.5) is 0 Å². The maximum absolute atomic E-state index is 6.06. The van der Waals surface area contributed by atoms with Crippen molar-refractivity contribution in [2.75, 3.05) is 6.54 Å². The van der Waals surface area contributed by atoms with Gasteiger partial charge in [0.1, 0.15) is 5.82 Å². The summed E-state index contributed by atoms with van der Waals surface area (Å²) in [5.74, 6) is 1.75. The van der Waals surface area contributed by atoms with Crippen LogP contribution in [0.3, 0.4) is 0 Å². The Morgan fingerprint density at radius 3 is 3.06 bits per heavy atom. The molecule has 0 saturated carbocycles. The van der Waals surface area contributed by atoms with E-state index in [2.05, 4.69) is 23.9 Å². The topological polar surface area (TPSA) is 29.9 Å². The summed E-state index contributed by atoms with van der Waals surface area (Å²) in [6.07, 6.45) is 2.32. The molecule has 3 nitrogen and oxygen atoms in total. The minimum atomic E-state index is 0.553. The Morgan fingerprint density at radius 2 is 2.28 bits per heavy atom. The first-order valence-electron chi connectivity index (χ1n) is 6.50. The summed E-state index contributed by atoms with van der Waals surface area (Å²) in [6, 6.07) is 6.49. The lowest BCUT2D eigenvalue weighted by molar-refractivity contribution is 0.367. The van der Waals surface area contributed by atoms with Gasteiger partial charge in [-0.3, -0.25) is 0 Å². The maximum atomic E-state index is 6.06. The fraction of sp³-hybridized carbons (Fsp3) is 0.500. The molecular weight excluding hydrogens is 246 g/mol. The highest BCUT2D eigenvalue weighted by Crippen LogP contribution is 2.30. The second-order valence-electron chi connectivity index (χ2n) is 5.24. The quantitative estimate of drug-likeness (QED) is 0.857. The standard InChI is InChI=1S/C14H18ClN3/c1-9-7-10(5-6-16-9)14-17-12-4-3-11(15)8-13(12)18(14)2/h3-4,8-10,16H,5-7H2,1-2H3. The average molecular weight is 264 g/mol. The molecule has 0 radical (unpaired) electrons. The molecule has 0 spiro atoms. The van der Waals surface area contributed by atoms with Gasteiger partial charge in [0.25, 0.3) is 0 Å². The molecule has 2 unspecified atom stereocenters. The molecule has 1 aromatic heterocycles. The Morgan fingerprint density at radius 1 is 1.44 bits per heavy atom. The zero-order valence-electron chi connectivity index (χ0n) is 10.8. The Balaban J connectivity index is 2.04. The van der Waals surface area contributed by atoms with Crippen LogP contribution in [0.1, 0.15) is 31.5 Å². The largest absolute Gasteiger partial charge is 0.331 e. The summed E-state index contributed by atoms with van der Waals surface area (Å²) in [4.78, 5) is 4.79. The van der Waals surface area contributed by atoms with E-state index < -0.39 is 0 Å². The van der Waals surface area contributed by atoms with Gasteiger partial charge in [-0.15, -0.1) is 0 Å². The number of hydrogen-bond donors (Lipinski definition) is 1. The van der Waals surface area contributed by atoms with Crippen LogP contribution in [-0.4, -0.2) is 22.1 Å². The molecule has 2 heterocycles. The van der Waals surface area contributed by atoms with Gasteiger partial charge in [0.05, 0.1) is 11.0 Å². The molecule has 2 aromatic rings. The van der Waals surface area contributed by atoms with Gasteiger partial charge in [-0.1, -0.05) is 11.6 Å². The summed E-state index contributed by atoms with van der Waals surface area (Å²) >= 11 is 6.06. The van der Waals surface area contributed by atoms with E-state index in [-0.39, 0.29) is 0 Å². The normalized spacial score (nSPS) is 24.6. The number of piperidine rings is 1. The van der Waals surface area contributed by atoms with Crippen molar-refractivity contribution in [3.8, 4) is 0 Å². The van der Waals surface area contributed by atoms with Crippen LogP contribution in [0.15, 0.2) is 18.2 Å². The summed E-state index contributed by atoms with van der Waals surface area (Å²) in [5.41, 5.74) is 2.17. The molecule has 1 fully saturated rings. The first kappa shape index (κ1) is 12.0. The maximum Gasteiger partial charge on any atom is 0.112 e. The molecule has 96 valence electrons. The highest BCUT2D eigenvalue weighted by Gasteiger charge is 2.24. The Labute approximate surface area is 112 Å². The van der Waals surface area contributed by atoms with E-state index in [0.717, 1.165) is 35.4 Å². The van der Waals surface area contributed by atoms with Gasteiger partial charge in [-0.2, -0.15) is 0 Å². The summed E-state index contributed by atoms with van der Waals surface area (Å²) in [7, 11) is 2.09. The van der Waals surface area contributed by atoms with Crippen molar-refractivity contribution in [3.05, 3.63) is 29.0 Å². The molecule has 1 aliphatic rings. The van der Waals surface area contributed by atoms with Gasteiger partial charge >= 0.3 is 0 Å². The fourth-order valence-corrected chi connectivity index (χ4v) is 3.08. The predicted octanol–water partition coefficient (Wildman–Crippen LogP) is 3.08. The highest BCUT2D eigenvalue weighted by atomic mass is 35.5. The van der Waals surface area contributed by atoms with E-state index >= 15 is 0 Å². The first-order chi connectivity index (χ1) is 8.65. The van der Waals surface area contributed by atoms with Crippen LogP contribution >= 0.6 is 11.6 Å². The lowest BCUT2D eigenvalue weighted by Crippen LogP contribution is -2.35. The van der Waals surface area contributed by atoms with E-state index in [1.165, 1.54) is 5.82 Å². The number of benzene rings is 1. The number of aromatic nitrogens is 2. The van der Waals surface area contributed by atoms with E-state index in [1.807, 2.05) is 18.2 Å². The van der Waals surface area contributed by atoms with E-state index in [9.17, 15) is 0 Å². The number of nitrogens with one attached hydrogen (secondary N) is 1. The number of imidazole rings is 1. The van der Waals surface area contributed by atoms with Crippen molar-refractivity contribution >= 4 is 22.6 Å². The van der Waals surface area contributed by atoms with Crippen molar-refractivity contribution in [2.45, 2.75) is 31.7 Å². The monoisotopic (exact) mass is 263 g/mol. The van der Waals surface area contributed by atoms with Crippen LogP contribution in [-0.2, 0) is 7.05 Å². The molecule has 1 aliphatic heterocycles. The third kappa shape index (κ3) is 2.02. The van der Waals surface area contributed by atoms with E-state index in [4.69, 9.17) is 16.6 Å². The van der Waals surface area contributed by atoms with Gasteiger partial charge in [-0.05, 0) is 44.5 Å². The molecule has 0 amide bonds. The fourth-order valence-electron chi connectivity index (χ4n) is 2.91. The molecule has 2 atom stereocenters. The summed E-state index contributed by atoms with van der Waals surface area (Å²) in [5, 5.41) is 4.26. The van der Waals surface area contributed by atoms with Gasteiger partial charge in [0, 0.05) is 24.0 Å². The van der Waals surface area contributed by atoms with Gasteiger partial charge in [-0.25, -0.2) is 4.98 Å². The van der Waals surface area contributed by atoms with Crippen molar-refractivity contribution in [2.24, 2.45) is 7.05 Å². The second kappa shape index (κ2) is 4.56. The third-order valence-corrected chi connectivity index (χ3v) is 4.10. The zero-order valence-corrected chi connectivity index (χ0v) is 11.5. The van der Waals surface area contributed by atoms with Crippen molar-refractivity contribution in [1.82, 2.24) is 14.9 Å². The Bertz CT molecular complexity index is 576.